The number of methoxy groups -OCH3 is 2. The van der Waals surface area contributed by atoms with Crippen molar-refractivity contribution in [2.75, 3.05) is 44.5 Å². The standard InChI is InChI=1S/C28H32F3N7O4S2/c1-4-5-18-12-19-23(37-10-11-38(21(32)13-37)27(33)28(29,30)31)35-22(36-25(19)44-18)24(39)34-20(26(40)42-3)15-43-14-16-6-8-17(41-2)9-7-16/h6-9,12,20,32-33H,4-5,10-11,13-15H2,1-3H3,(H,34,39)/t20-/m0/s1. The molecule has 1 saturated heterocycles. The van der Waals surface area contributed by atoms with Gasteiger partial charge in [-0.05, 0) is 30.2 Å². The monoisotopic (exact) mass is 651 g/mol. The molecular weight excluding hydrogens is 619 g/mol. The maximum Gasteiger partial charge on any atom is 0.449 e. The number of ether oxygens (including phenoxy) is 2. The van der Waals surface area contributed by atoms with Gasteiger partial charge >= 0.3 is 12.1 Å². The van der Waals surface area contributed by atoms with E-state index in [4.69, 9.17) is 20.3 Å². The van der Waals surface area contributed by atoms with Crippen molar-refractivity contribution in [2.24, 2.45) is 0 Å². The minimum atomic E-state index is -4.88. The molecule has 3 N–H and O–H groups in total. The summed E-state index contributed by atoms with van der Waals surface area (Å²) in [6, 6.07) is 8.37. The number of esters is 1. The molecule has 44 heavy (non-hydrogen) atoms. The molecule has 0 saturated carbocycles. The number of hydrogen-bond donors (Lipinski definition) is 3. The maximum absolute atomic E-state index is 13.4. The number of carbonyl (C=O) groups excluding carboxylic acids is 2. The van der Waals surface area contributed by atoms with Crippen molar-refractivity contribution >= 4 is 62.7 Å². The molecule has 1 amide bonds. The fourth-order valence-electron chi connectivity index (χ4n) is 4.50. The average Bonchev–Trinajstić information content (AvgIpc) is 3.41. The van der Waals surface area contributed by atoms with Crippen molar-refractivity contribution in [1.82, 2.24) is 20.2 Å². The van der Waals surface area contributed by atoms with Crippen molar-refractivity contribution in [1.29, 1.82) is 10.8 Å². The van der Waals surface area contributed by atoms with E-state index in [0.717, 1.165) is 29.0 Å². The smallest absolute Gasteiger partial charge is 0.449 e. The SMILES string of the molecule is CCCc1cc2c(N3CCN(C(=N)C(F)(F)F)C(=N)C3)nc(C(=O)N[C@@H](CSCc3ccc(OC)cc3)C(=O)OC)nc2s1. The highest BCUT2D eigenvalue weighted by molar-refractivity contribution is 7.98. The number of piperazine rings is 1. The second-order valence-corrected chi connectivity index (χ2v) is 12.0. The van der Waals surface area contributed by atoms with Crippen LogP contribution in [0.4, 0.5) is 19.0 Å². The molecule has 1 aliphatic heterocycles. The van der Waals surface area contributed by atoms with Gasteiger partial charge in [-0.15, -0.1) is 11.3 Å². The first kappa shape index (κ1) is 33.0. The number of hydrogen-bond acceptors (Lipinski definition) is 11. The summed E-state index contributed by atoms with van der Waals surface area (Å²) >= 11 is 2.80. The number of aromatic nitrogens is 2. The molecule has 2 aromatic heterocycles. The third-order valence-electron chi connectivity index (χ3n) is 6.72. The predicted molar refractivity (Wildman–Crippen MR) is 164 cm³/mol. The van der Waals surface area contributed by atoms with E-state index in [2.05, 4.69) is 15.3 Å². The van der Waals surface area contributed by atoms with E-state index in [9.17, 15) is 22.8 Å². The fourth-order valence-corrected chi connectivity index (χ4v) is 6.62. The fraction of sp³-hybridized carbons (Fsp3) is 0.429. The van der Waals surface area contributed by atoms with E-state index in [1.54, 1.807) is 12.0 Å². The van der Waals surface area contributed by atoms with Crippen LogP contribution in [-0.2, 0) is 21.7 Å². The Bertz CT molecular complexity index is 1530. The van der Waals surface area contributed by atoms with E-state index in [0.29, 0.717) is 26.7 Å². The van der Waals surface area contributed by atoms with Crippen molar-refractivity contribution < 1.29 is 32.2 Å². The van der Waals surface area contributed by atoms with Crippen molar-refractivity contribution in [3.63, 3.8) is 0 Å². The van der Waals surface area contributed by atoms with Crippen molar-refractivity contribution in [3.8, 4) is 5.75 Å². The molecule has 11 nitrogen and oxygen atoms in total. The van der Waals surface area contributed by atoms with Gasteiger partial charge in [-0.1, -0.05) is 25.5 Å². The largest absolute Gasteiger partial charge is 0.497 e. The number of halogens is 3. The molecular formula is C28H32F3N7O4S2. The summed E-state index contributed by atoms with van der Waals surface area (Å²) in [4.78, 5) is 38.6. The minimum Gasteiger partial charge on any atom is -0.497 e. The average molecular weight is 652 g/mol. The lowest BCUT2D eigenvalue weighted by molar-refractivity contribution is -0.142. The molecule has 4 rings (SSSR count). The third kappa shape index (κ3) is 7.77. The van der Waals surface area contributed by atoms with Crippen LogP contribution in [0.2, 0.25) is 0 Å². The van der Waals surface area contributed by atoms with Crippen LogP contribution in [0.25, 0.3) is 10.2 Å². The Labute approximate surface area is 260 Å². The highest BCUT2D eigenvalue weighted by atomic mass is 32.2. The molecule has 1 aliphatic rings. The first-order chi connectivity index (χ1) is 20.9. The number of amides is 1. The van der Waals surface area contributed by atoms with Crippen LogP contribution in [0.5, 0.6) is 5.75 Å². The molecule has 3 heterocycles. The number of aryl methyl sites for hydroxylation is 1. The quantitative estimate of drug-likeness (QED) is 0.155. The second-order valence-electron chi connectivity index (χ2n) is 9.83. The van der Waals surface area contributed by atoms with Gasteiger partial charge in [-0.2, -0.15) is 24.9 Å². The number of nitrogens with one attached hydrogen (secondary N) is 3. The van der Waals surface area contributed by atoms with Crippen LogP contribution >= 0.6 is 23.1 Å². The normalized spacial score (nSPS) is 14.5. The van der Waals surface area contributed by atoms with Crippen molar-refractivity contribution in [3.05, 3.63) is 46.6 Å². The van der Waals surface area contributed by atoms with Gasteiger partial charge in [0, 0.05) is 29.5 Å². The Morgan fingerprint density at radius 3 is 2.52 bits per heavy atom. The van der Waals surface area contributed by atoms with Gasteiger partial charge in [0.2, 0.25) is 11.7 Å². The number of rotatable bonds is 11. The van der Waals surface area contributed by atoms with Gasteiger partial charge in [0.05, 0.1) is 26.2 Å². The van der Waals surface area contributed by atoms with E-state index in [-0.39, 0.29) is 31.2 Å². The van der Waals surface area contributed by atoms with Gasteiger partial charge in [0.1, 0.15) is 28.3 Å². The van der Waals surface area contributed by atoms with Crippen LogP contribution in [0, 0.1) is 10.8 Å². The minimum absolute atomic E-state index is 0.0275. The topological polar surface area (TPSA) is 145 Å². The second kappa shape index (κ2) is 14.2. The van der Waals surface area contributed by atoms with Crippen LogP contribution in [0.15, 0.2) is 30.3 Å². The number of alkyl halides is 3. The number of fused-ring (bicyclic) bond motifs is 1. The lowest BCUT2D eigenvalue weighted by Crippen LogP contribution is -2.55. The van der Waals surface area contributed by atoms with E-state index < -0.39 is 35.8 Å². The molecule has 0 spiro atoms. The zero-order valence-corrected chi connectivity index (χ0v) is 25.9. The first-order valence-corrected chi connectivity index (χ1v) is 15.6. The number of thiophene rings is 1. The zero-order chi connectivity index (χ0) is 32.0. The van der Waals surface area contributed by atoms with Crippen LogP contribution < -0.4 is 15.0 Å². The van der Waals surface area contributed by atoms with Gasteiger partial charge < -0.3 is 24.6 Å². The molecule has 0 aliphatic carbocycles. The highest BCUT2D eigenvalue weighted by Gasteiger charge is 2.41. The van der Waals surface area contributed by atoms with Crippen LogP contribution in [0.3, 0.4) is 0 Å². The van der Waals surface area contributed by atoms with E-state index in [1.165, 1.54) is 30.2 Å². The van der Waals surface area contributed by atoms with Crippen molar-refractivity contribution in [2.45, 2.75) is 37.7 Å². The van der Waals surface area contributed by atoms with E-state index >= 15 is 0 Å². The molecule has 236 valence electrons. The molecule has 0 radical (unpaired) electrons. The number of benzene rings is 1. The first-order valence-electron chi connectivity index (χ1n) is 13.6. The Kier molecular flexibility index (Phi) is 10.7. The molecule has 3 aromatic rings. The summed E-state index contributed by atoms with van der Waals surface area (Å²) in [6.07, 6.45) is -3.27. The number of amidine groups is 2. The van der Waals surface area contributed by atoms with Gasteiger partial charge in [-0.3, -0.25) is 15.6 Å². The van der Waals surface area contributed by atoms with Crippen LogP contribution in [0.1, 0.15) is 34.4 Å². The Morgan fingerprint density at radius 1 is 1.18 bits per heavy atom. The van der Waals surface area contributed by atoms with E-state index in [1.807, 2.05) is 37.3 Å². The lowest BCUT2D eigenvalue weighted by Gasteiger charge is -2.37. The number of nitrogens with zero attached hydrogens (tertiary/aromatic N) is 4. The zero-order valence-electron chi connectivity index (χ0n) is 24.3. The Balaban J connectivity index is 1.55. The Morgan fingerprint density at radius 2 is 1.91 bits per heavy atom. The molecule has 16 heteroatoms. The summed E-state index contributed by atoms with van der Waals surface area (Å²) < 4.78 is 49.5. The summed E-state index contributed by atoms with van der Waals surface area (Å²) in [5, 5.41) is 19.0. The molecule has 0 bridgehead atoms. The summed E-state index contributed by atoms with van der Waals surface area (Å²) in [7, 11) is 2.81. The van der Waals surface area contributed by atoms with Crippen LogP contribution in [-0.4, -0.2) is 90.2 Å². The Hall–Kier alpha value is -3.92. The molecule has 1 fully saturated rings. The third-order valence-corrected chi connectivity index (χ3v) is 8.92. The molecule has 1 aromatic carbocycles. The summed E-state index contributed by atoms with van der Waals surface area (Å²) in [6.45, 7) is 1.54. The summed E-state index contributed by atoms with van der Waals surface area (Å²) in [5.74, 6) is -1.79. The van der Waals surface area contributed by atoms with Gasteiger partial charge in [-0.25, -0.2) is 14.8 Å². The molecule has 0 unspecified atom stereocenters. The molecule has 1 atom stereocenters. The van der Waals surface area contributed by atoms with Gasteiger partial charge in [0.25, 0.3) is 5.91 Å². The highest BCUT2D eigenvalue weighted by Crippen LogP contribution is 2.33. The maximum atomic E-state index is 13.4. The number of carbonyl (C=O) groups is 2. The van der Waals surface area contributed by atoms with Gasteiger partial charge in [0.15, 0.2) is 0 Å². The predicted octanol–water partition coefficient (Wildman–Crippen LogP) is 4.50. The summed E-state index contributed by atoms with van der Waals surface area (Å²) in [5.41, 5.74) is 1.00. The lowest BCUT2D eigenvalue weighted by atomic mass is 10.2. The number of anilines is 1. The number of thioether (sulfide) groups is 1.